The first-order valence-electron chi connectivity index (χ1n) is 9.26. The average molecular weight is 380 g/mol. The number of morpholine rings is 1. The number of nitrogens with zero attached hydrogens (tertiary/aromatic N) is 1. The summed E-state index contributed by atoms with van der Waals surface area (Å²) in [6, 6.07) is 9.00. The topological polar surface area (TPSA) is 99.1 Å². The number of ether oxygens (including phenoxy) is 1. The summed E-state index contributed by atoms with van der Waals surface area (Å²) in [5.41, 5.74) is 3.01. The van der Waals surface area contributed by atoms with Gasteiger partial charge in [-0.05, 0) is 36.1 Å². The van der Waals surface area contributed by atoms with Crippen LogP contribution in [-0.4, -0.2) is 66.4 Å². The van der Waals surface area contributed by atoms with Gasteiger partial charge in [-0.1, -0.05) is 45.0 Å². The summed E-state index contributed by atoms with van der Waals surface area (Å²) in [5, 5.41) is 18.3. The molecule has 3 N–H and O–H groups in total. The molecule has 2 rings (SSSR count). The fourth-order valence-electron chi connectivity index (χ4n) is 2.61. The van der Waals surface area contributed by atoms with Crippen molar-refractivity contribution in [2.45, 2.75) is 39.2 Å². The molecule has 1 aliphatic rings. The lowest BCUT2D eigenvalue weighted by molar-refractivity contribution is -0.159. The average Bonchev–Trinajstić information content (AvgIpc) is 2.62. The molecule has 0 amide bonds. The highest BCUT2D eigenvalue weighted by molar-refractivity contribution is 6.27. The van der Waals surface area contributed by atoms with Crippen LogP contribution in [0, 0.1) is 0 Å². The first-order valence-corrected chi connectivity index (χ1v) is 9.26. The van der Waals surface area contributed by atoms with Crippen LogP contribution in [-0.2, 0) is 26.3 Å². The number of hydrogen-bond donors (Lipinski definition) is 3. The van der Waals surface area contributed by atoms with Crippen LogP contribution in [0.2, 0.25) is 0 Å². The molecule has 7 heteroatoms. The van der Waals surface area contributed by atoms with Gasteiger partial charge in [0.25, 0.3) is 0 Å². The summed E-state index contributed by atoms with van der Waals surface area (Å²) in [7, 11) is 0. The lowest BCUT2D eigenvalue weighted by atomic mass is 9.87. The summed E-state index contributed by atoms with van der Waals surface area (Å²) in [5.74, 6) is -3.65. The van der Waals surface area contributed by atoms with E-state index in [-0.39, 0.29) is 5.41 Å². The van der Waals surface area contributed by atoms with E-state index in [1.165, 1.54) is 24.1 Å². The molecule has 1 aromatic rings. The maximum Gasteiger partial charge on any atom is 0.414 e. The Balaban J connectivity index is 0.000000527. The minimum atomic E-state index is -1.82. The summed E-state index contributed by atoms with van der Waals surface area (Å²) in [6.07, 6.45) is 1.21. The molecule has 1 saturated heterocycles. The molecule has 0 spiro atoms. The first-order chi connectivity index (χ1) is 12.7. The molecule has 0 aromatic heterocycles. The standard InChI is InChI=1S/C18H30N2O.C2H2O4/c1-18(2,3)17-7-5-16(6-8-17)15-19-9-4-10-20-11-13-21-14-12-20;3-1(4)2(5)6/h5-8,19H,4,9-15H2,1-3H3;(H,3,4)(H,5,6). The lowest BCUT2D eigenvalue weighted by Crippen LogP contribution is -2.37. The molecule has 0 aliphatic carbocycles. The third-order valence-corrected chi connectivity index (χ3v) is 4.26. The zero-order valence-corrected chi connectivity index (χ0v) is 16.5. The number of benzene rings is 1. The Hall–Kier alpha value is -1.96. The van der Waals surface area contributed by atoms with Gasteiger partial charge < -0.3 is 20.3 Å². The van der Waals surface area contributed by atoms with Crippen LogP contribution in [0.1, 0.15) is 38.3 Å². The Morgan fingerprint density at radius 3 is 2.11 bits per heavy atom. The minimum Gasteiger partial charge on any atom is -0.473 e. The number of nitrogens with one attached hydrogen (secondary N) is 1. The second-order valence-electron chi connectivity index (χ2n) is 7.54. The first kappa shape index (κ1) is 23.1. The third-order valence-electron chi connectivity index (χ3n) is 4.26. The van der Waals surface area contributed by atoms with E-state index in [9.17, 15) is 0 Å². The maximum absolute atomic E-state index is 9.10. The van der Waals surface area contributed by atoms with Crippen molar-refractivity contribution in [2.24, 2.45) is 0 Å². The molecule has 7 nitrogen and oxygen atoms in total. The van der Waals surface area contributed by atoms with Crippen molar-refractivity contribution >= 4 is 11.9 Å². The molecule has 1 aromatic carbocycles. The van der Waals surface area contributed by atoms with Gasteiger partial charge >= 0.3 is 11.9 Å². The Bertz CT molecular complexity index is 563. The van der Waals surface area contributed by atoms with Crippen LogP contribution in [0.25, 0.3) is 0 Å². The van der Waals surface area contributed by atoms with E-state index in [2.05, 4.69) is 55.3 Å². The molecule has 1 aliphatic heterocycles. The van der Waals surface area contributed by atoms with Crippen molar-refractivity contribution in [3.8, 4) is 0 Å². The second kappa shape index (κ2) is 11.7. The monoisotopic (exact) mass is 380 g/mol. The quantitative estimate of drug-likeness (QED) is 0.512. The number of carboxylic acids is 2. The van der Waals surface area contributed by atoms with Gasteiger partial charge in [0.15, 0.2) is 0 Å². The molecule has 0 unspecified atom stereocenters. The Kier molecular flexibility index (Phi) is 9.99. The number of carboxylic acid groups (broad SMARTS) is 2. The molecule has 152 valence electrons. The number of rotatable bonds is 6. The van der Waals surface area contributed by atoms with E-state index < -0.39 is 11.9 Å². The zero-order valence-electron chi connectivity index (χ0n) is 16.5. The van der Waals surface area contributed by atoms with Crippen LogP contribution in [0.15, 0.2) is 24.3 Å². The van der Waals surface area contributed by atoms with Crippen molar-refractivity contribution < 1.29 is 24.5 Å². The molecular formula is C20H32N2O5. The lowest BCUT2D eigenvalue weighted by Gasteiger charge is -2.26. The van der Waals surface area contributed by atoms with Crippen molar-refractivity contribution in [1.82, 2.24) is 10.2 Å². The molecule has 0 radical (unpaired) electrons. The van der Waals surface area contributed by atoms with E-state index in [1.807, 2.05) is 0 Å². The van der Waals surface area contributed by atoms with E-state index in [0.29, 0.717) is 0 Å². The SMILES string of the molecule is CC(C)(C)c1ccc(CNCCCN2CCOCC2)cc1.O=C(O)C(=O)O. The molecule has 1 fully saturated rings. The van der Waals surface area contributed by atoms with Crippen LogP contribution in [0.4, 0.5) is 0 Å². The van der Waals surface area contributed by atoms with Crippen LogP contribution < -0.4 is 5.32 Å². The van der Waals surface area contributed by atoms with Gasteiger partial charge in [-0.3, -0.25) is 4.90 Å². The van der Waals surface area contributed by atoms with Crippen molar-refractivity contribution in [2.75, 3.05) is 39.4 Å². The summed E-state index contributed by atoms with van der Waals surface area (Å²) in [4.78, 5) is 20.7. The van der Waals surface area contributed by atoms with Gasteiger partial charge in [0.05, 0.1) is 13.2 Å². The van der Waals surface area contributed by atoms with Crippen LogP contribution in [0.3, 0.4) is 0 Å². The molecular weight excluding hydrogens is 348 g/mol. The van der Waals surface area contributed by atoms with Gasteiger partial charge in [-0.15, -0.1) is 0 Å². The highest BCUT2D eigenvalue weighted by Gasteiger charge is 2.12. The normalized spacial score (nSPS) is 14.9. The number of carbonyl (C=O) groups is 2. The third kappa shape index (κ3) is 10.1. The molecule has 0 atom stereocenters. The van der Waals surface area contributed by atoms with E-state index in [1.54, 1.807) is 0 Å². The predicted octanol–water partition coefficient (Wildman–Crippen LogP) is 1.95. The van der Waals surface area contributed by atoms with Gasteiger partial charge in [-0.2, -0.15) is 0 Å². The summed E-state index contributed by atoms with van der Waals surface area (Å²) in [6.45, 7) is 14.0. The Morgan fingerprint density at radius 2 is 1.63 bits per heavy atom. The molecule has 1 heterocycles. The predicted molar refractivity (Wildman–Crippen MR) is 104 cm³/mol. The number of hydrogen-bond acceptors (Lipinski definition) is 5. The molecule has 0 bridgehead atoms. The minimum absolute atomic E-state index is 0.240. The number of aliphatic carboxylic acids is 2. The fraction of sp³-hybridized carbons (Fsp3) is 0.600. The smallest absolute Gasteiger partial charge is 0.414 e. The maximum atomic E-state index is 9.10. The van der Waals surface area contributed by atoms with Gasteiger partial charge in [0.1, 0.15) is 0 Å². The molecule has 27 heavy (non-hydrogen) atoms. The van der Waals surface area contributed by atoms with Gasteiger partial charge in [-0.25, -0.2) is 9.59 Å². The zero-order chi connectivity index (χ0) is 20.3. The van der Waals surface area contributed by atoms with Crippen molar-refractivity contribution in [3.05, 3.63) is 35.4 Å². The second-order valence-corrected chi connectivity index (χ2v) is 7.54. The van der Waals surface area contributed by atoms with Gasteiger partial charge in [0, 0.05) is 19.6 Å². The van der Waals surface area contributed by atoms with E-state index >= 15 is 0 Å². The Labute approximate surface area is 161 Å². The fourth-order valence-corrected chi connectivity index (χ4v) is 2.61. The van der Waals surface area contributed by atoms with E-state index in [4.69, 9.17) is 24.5 Å². The van der Waals surface area contributed by atoms with Gasteiger partial charge in [0.2, 0.25) is 0 Å². The van der Waals surface area contributed by atoms with E-state index in [0.717, 1.165) is 39.4 Å². The molecule has 0 saturated carbocycles. The van der Waals surface area contributed by atoms with Crippen LogP contribution in [0.5, 0.6) is 0 Å². The van der Waals surface area contributed by atoms with Crippen molar-refractivity contribution in [1.29, 1.82) is 0 Å². The van der Waals surface area contributed by atoms with Crippen LogP contribution >= 0.6 is 0 Å². The highest BCUT2D eigenvalue weighted by atomic mass is 16.5. The summed E-state index contributed by atoms with van der Waals surface area (Å²) >= 11 is 0. The highest BCUT2D eigenvalue weighted by Crippen LogP contribution is 2.22. The summed E-state index contributed by atoms with van der Waals surface area (Å²) < 4.78 is 5.36. The Morgan fingerprint density at radius 1 is 1.07 bits per heavy atom. The largest absolute Gasteiger partial charge is 0.473 e. The van der Waals surface area contributed by atoms with Crippen molar-refractivity contribution in [3.63, 3.8) is 0 Å².